The van der Waals surface area contributed by atoms with Crippen LogP contribution in [0.5, 0.6) is 0 Å². The van der Waals surface area contributed by atoms with Crippen molar-refractivity contribution in [3.63, 3.8) is 0 Å². The summed E-state index contributed by atoms with van der Waals surface area (Å²) in [4.78, 5) is 0. The van der Waals surface area contributed by atoms with Gasteiger partial charge in [-0.1, -0.05) is 60.7 Å². The van der Waals surface area contributed by atoms with Crippen molar-refractivity contribution in [2.75, 3.05) is 0 Å². The number of rotatable bonds is 2. The fourth-order valence-electron chi connectivity index (χ4n) is 3.50. The van der Waals surface area contributed by atoms with Gasteiger partial charge in [-0.15, -0.1) is 0 Å². The van der Waals surface area contributed by atoms with E-state index < -0.39 is 0 Å². The highest BCUT2D eigenvalue weighted by Crippen LogP contribution is 2.26. The van der Waals surface area contributed by atoms with Crippen molar-refractivity contribution in [1.82, 2.24) is 0 Å². The van der Waals surface area contributed by atoms with Gasteiger partial charge >= 0.3 is 0 Å². The molecule has 22 heavy (non-hydrogen) atoms. The molecular weight excluding hydrogens is 264 g/mol. The van der Waals surface area contributed by atoms with E-state index in [4.69, 9.17) is 0 Å². The van der Waals surface area contributed by atoms with Crippen LogP contribution in [-0.4, -0.2) is 0 Å². The van der Waals surface area contributed by atoms with E-state index in [0.29, 0.717) is 0 Å². The van der Waals surface area contributed by atoms with Gasteiger partial charge in [0, 0.05) is 0 Å². The molecule has 2 aromatic carbocycles. The van der Waals surface area contributed by atoms with E-state index in [1.165, 1.54) is 33.4 Å². The van der Waals surface area contributed by atoms with Crippen molar-refractivity contribution < 1.29 is 0 Å². The minimum absolute atomic E-state index is 1.11. The lowest BCUT2D eigenvalue weighted by molar-refractivity contribution is 0.896. The molecule has 3 rings (SSSR count). The van der Waals surface area contributed by atoms with Gasteiger partial charge in [0.15, 0.2) is 0 Å². The van der Waals surface area contributed by atoms with Crippen LogP contribution in [0.2, 0.25) is 0 Å². The van der Waals surface area contributed by atoms with E-state index in [1.54, 1.807) is 0 Å². The molecule has 1 aliphatic carbocycles. The zero-order chi connectivity index (χ0) is 15.4. The maximum absolute atomic E-state index is 2.29. The van der Waals surface area contributed by atoms with Crippen molar-refractivity contribution in [3.8, 4) is 0 Å². The molecule has 4 bridgehead atoms. The summed E-state index contributed by atoms with van der Waals surface area (Å²) in [6, 6.07) is 13.6. The van der Waals surface area contributed by atoms with Crippen LogP contribution in [0.1, 0.15) is 47.2 Å². The van der Waals surface area contributed by atoms with Gasteiger partial charge in [0.05, 0.1) is 0 Å². The normalized spacial score (nSPS) is 14.6. The Morgan fingerprint density at radius 2 is 0.909 bits per heavy atom. The zero-order valence-corrected chi connectivity index (χ0v) is 13.6. The minimum atomic E-state index is 1.11. The Morgan fingerprint density at radius 3 is 1.18 bits per heavy atom. The average molecular weight is 288 g/mol. The van der Waals surface area contributed by atoms with Gasteiger partial charge in [0.1, 0.15) is 0 Å². The Balaban J connectivity index is 2.09. The number of fused-ring (bicyclic) bond motifs is 4. The van der Waals surface area contributed by atoms with Crippen LogP contribution in [-0.2, 0) is 25.7 Å². The quantitative estimate of drug-likeness (QED) is 0.671. The van der Waals surface area contributed by atoms with Crippen LogP contribution < -0.4 is 0 Å². The maximum atomic E-state index is 2.29. The SMILES string of the molecule is C/C=C/c1c2cccc1CCc1cccc(c1/C=C/C)CC2. The molecule has 0 unspecified atom stereocenters. The predicted octanol–water partition coefficient (Wildman–Crippen LogP) is 5.64. The van der Waals surface area contributed by atoms with E-state index in [2.05, 4.69) is 74.5 Å². The molecule has 0 atom stereocenters. The molecule has 0 heteroatoms. The molecule has 0 heterocycles. The van der Waals surface area contributed by atoms with Crippen molar-refractivity contribution in [3.05, 3.63) is 81.9 Å². The maximum Gasteiger partial charge on any atom is -0.0195 e. The molecular formula is C22H24. The molecule has 0 amide bonds. The molecule has 2 aromatic rings. The summed E-state index contributed by atoms with van der Waals surface area (Å²) in [5.41, 5.74) is 8.82. The summed E-state index contributed by atoms with van der Waals surface area (Å²) >= 11 is 0. The first-order chi connectivity index (χ1) is 10.8. The number of benzene rings is 2. The Kier molecular flexibility index (Phi) is 4.58. The molecule has 0 saturated carbocycles. The third-order valence-corrected chi connectivity index (χ3v) is 4.57. The summed E-state index contributed by atoms with van der Waals surface area (Å²) in [5, 5.41) is 0. The second kappa shape index (κ2) is 6.79. The van der Waals surface area contributed by atoms with E-state index in [9.17, 15) is 0 Å². The zero-order valence-electron chi connectivity index (χ0n) is 13.6. The van der Waals surface area contributed by atoms with Crippen LogP contribution in [0.4, 0.5) is 0 Å². The molecule has 112 valence electrons. The molecule has 0 aliphatic heterocycles. The van der Waals surface area contributed by atoms with Crippen molar-refractivity contribution in [2.45, 2.75) is 39.5 Å². The Labute approximate surface area is 134 Å². The average Bonchev–Trinajstić information content (AvgIpc) is 2.53. The van der Waals surface area contributed by atoms with Crippen molar-refractivity contribution in [2.24, 2.45) is 0 Å². The Morgan fingerprint density at radius 1 is 0.591 bits per heavy atom. The molecule has 1 aliphatic rings. The van der Waals surface area contributed by atoms with E-state index in [0.717, 1.165) is 25.7 Å². The number of hydrogen-bond acceptors (Lipinski definition) is 0. The lowest BCUT2D eigenvalue weighted by Crippen LogP contribution is -2.06. The van der Waals surface area contributed by atoms with Gasteiger partial charge in [-0.25, -0.2) is 0 Å². The van der Waals surface area contributed by atoms with Crippen LogP contribution in [0.3, 0.4) is 0 Å². The van der Waals surface area contributed by atoms with Gasteiger partial charge in [0.2, 0.25) is 0 Å². The first-order valence-corrected chi connectivity index (χ1v) is 8.30. The number of hydrogen-bond donors (Lipinski definition) is 0. The molecule has 0 radical (unpaired) electrons. The topological polar surface area (TPSA) is 0 Å². The Bertz CT molecular complexity index is 609. The van der Waals surface area contributed by atoms with Crippen LogP contribution >= 0.6 is 0 Å². The van der Waals surface area contributed by atoms with Gasteiger partial charge in [-0.05, 0) is 72.9 Å². The lowest BCUT2D eigenvalue weighted by Gasteiger charge is -2.18. The Hall–Kier alpha value is -2.08. The summed E-state index contributed by atoms with van der Waals surface area (Å²) in [6.45, 7) is 4.22. The predicted molar refractivity (Wildman–Crippen MR) is 97.1 cm³/mol. The first kappa shape index (κ1) is 14.8. The number of aryl methyl sites for hydroxylation is 4. The molecule has 0 nitrogen and oxygen atoms in total. The van der Waals surface area contributed by atoms with Gasteiger partial charge in [-0.3, -0.25) is 0 Å². The number of allylic oxidation sites excluding steroid dienone is 2. The molecule has 0 fully saturated rings. The highest BCUT2D eigenvalue weighted by atomic mass is 14.2. The smallest absolute Gasteiger partial charge is 0.0195 e. The summed E-state index contributed by atoms with van der Waals surface area (Å²) in [5.74, 6) is 0. The van der Waals surface area contributed by atoms with Gasteiger partial charge in [-0.2, -0.15) is 0 Å². The second-order valence-electron chi connectivity index (χ2n) is 5.98. The van der Waals surface area contributed by atoms with Gasteiger partial charge in [0.25, 0.3) is 0 Å². The fourth-order valence-corrected chi connectivity index (χ4v) is 3.50. The fraction of sp³-hybridized carbons (Fsp3) is 0.273. The van der Waals surface area contributed by atoms with Crippen LogP contribution in [0.15, 0.2) is 48.6 Å². The monoisotopic (exact) mass is 288 g/mol. The summed E-state index contributed by atoms with van der Waals surface area (Å²) in [6.07, 6.45) is 13.4. The van der Waals surface area contributed by atoms with E-state index >= 15 is 0 Å². The minimum Gasteiger partial charge on any atom is -0.0870 e. The molecule has 0 aromatic heterocycles. The highest BCUT2D eigenvalue weighted by molar-refractivity contribution is 5.61. The second-order valence-corrected chi connectivity index (χ2v) is 5.98. The van der Waals surface area contributed by atoms with E-state index in [-0.39, 0.29) is 0 Å². The first-order valence-electron chi connectivity index (χ1n) is 8.30. The van der Waals surface area contributed by atoms with Crippen LogP contribution in [0.25, 0.3) is 12.2 Å². The standard InChI is InChI=1S/C22H24/c1-3-7-21-17-9-5-10-18(21)14-16-20-12-6-11-19(15-13-17)22(20)8-4-2/h3-12H,13-16H2,1-2H3/b7-3+,8-4+. The van der Waals surface area contributed by atoms with Crippen molar-refractivity contribution in [1.29, 1.82) is 0 Å². The van der Waals surface area contributed by atoms with Crippen molar-refractivity contribution >= 4 is 12.2 Å². The largest absolute Gasteiger partial charge is 0.0870 e. The molecule has 0 saturated heterocycles. The van der Waals surface area contributed by atoms with Crippen LogP contribution in [0, 0.1) is 0 Å². The molecule has 0 N–H and O–H groups in total. The highest BCUT2D eigenvalue weighted by Gasteiger charge is 2.12. The molecule has 0 spiro atoms. The third-order valence-electron chi connectivity index (χ3n) is 4.57. The van der Waals surface area contributed by atoms with E-state index in [1.807, 2.05) is 0 Å². The summed E-state index contributed by atoms with van der Waals surface area (Å²) in [7, 11) is 0. The third kappa shape index (κ3) is 2.92. The van der Waals surface area contributed by atoms with Gasteiger partial charge < -0.3 is 0 Å². The summed E-state index contributed by atoms with van der Waals surface area (Å²) < 4.78 is 0. The lowest BCUT2D eigenvalue weighted by atomic mass is 9.87.